The summed E-state index contributed by atoms with van der Waals surface area (Å²) < 4.78 is 5.83. The van der Waals surface area contributed by atoms with E-state index in [9.17, 15) is 4.79 Å². The third-order valence-electron chi connectivity index (χ3n) is 4.98. The van der Waals surface area contributed by atoms with Crippen molar-refractivity contribution in [1.82, 2.24) is 20.3 Å². The van der Waals surface area contributed by atoms with E-state index in [1.807, 2.05) is 68.6 Å². The van der Waals surface area contributed by atoms with Crippen LogP contribution in [0.4, 0.5) is 0 Å². The van der Waals surface area contributed by atoms with Crippen molar-refractivity contribution in [3.05, 3.63) is 102 Å². The summed E-state index contributed by atoms with van der Waals surface area (Å²) in [5.74, 6) is 0.333. The number of aryl methyl sites for hydroxylation is 2. The zero-order valence-electron chi connectivity index (χ0n) is 18.1. The summed E-state index contributed by atoms with van der Waals surface area (Å²) in [4.78, 5) is 25.4. The van der Waals surface area contributed by atoms with Crippen molar-refractivity contribution in [3.63, 3.8) is 0 Å². The molecule has 0 radical (unpaired) electrons. The molecule has 2 aromatic carbocycles. The SMILES string of the molecule is Cc1ccc(-c2cc(Oc3ncccn3)cc(C(=O)NCCc3ccc(C)nc3)c2)cc1. The monoisotopic (exact) mass is 424 g/mol. The maximum atomic E-state index is 12.9. The van der Waals surface area contributed by atoms with Gasteiger partial charge in [-0.3, -0.25) is 9.78 Å². The third kappa shape index (κ3) is 5.55. The summed E-state index contributed by atoms with van der Waals surface area (Å²) >= 11 is 0. The highest BCUT2D eigenvalue weighted by Crippen LogP contribution is 2.28. The second-order valence-electron chi connectivity index (χ2n) is 7.56. The van der Waals surface area contributed by atoms with Crippen LogP contribution in [-0.4, -0.2) is 27.4 Å². The van der Waals surface area contributed by atoms with Gasteiger partial charge in [0.1, 0.15) is 5.75 Å². The van der Waals surface area contributed by atoms with Crippen molar-refractivity contribution < 1.29 is 9.53 Å². The number of amides is 1. The van der Waals surface area contributed by atoms with Gasteiger partial charge in [-0.1, -0.05) is 35.9 Å². The Labute approximate surface area is 187 Å². The van der Waals surface area contributed by atoms with Crippen molar-refractivity contribution in [3.8, 4) is 22.9 Å². The topological polar surface area (TPSA) is 77.0 Å². The maximum Gasteiger partial charge on any atom is 0.321 e. The molecule has 0 unspecified atom stereocenters. The van der Waals surface area contributed by atoms with Gasteiger partial charge in [0.2, 0.25) is 0 Å². The van der Waals surface area contributed by atoms with Gasteiger partial charge in [-0.2, -0.15) is 0 Å². The number of benzene rings is 2. The van der Waals surface area contributed by atoms with Gasteiger partial charge in [0.05, 0.1) is 0 Å². The second-order valence-corrected chi connectivity index (χ2v) is 7.56. The van der Waals surface area contributed by atoms with Gasteiger partial charge < -0.3 is 10.1 Å². The van der Waals surface area contributed by atoms with Crippen LogP contribution in [0, 0.1) is 13.8 Å². The van der Waals surface area contributed by atoms with Crippen molar-refractivity contribution in [2.75, 3.05) is 6.54 Å². The van der Waals surface area contributed by atoms with Crippen LogP contribution in [0.1, 0.15) is 27.2 Å². The number of nitrogens with one attached hydrogen (secondary N) is 1. The largest absolute Gasteiger partial charge is 0.424 e. The van der Waals surface area contributed by atoms with E-state index in [2.05, 4.69) is 20.3 Å². The Morgan fingerprint density at radius 3 is 2.41 bits per heavy atom. The zero-order valence-corrected chi connectivity index (χ0v) is 18.1. The van der Waals surface area contributed by atoms with Crippen molar-refractivity contribution in [1.29, 1.82) is 0 Å². The molecule has 32 heavy (non-hydrogen) atoms. The zero-order chi connectivity index (χ0) is 22.3. The first-order valence-corrected chi connectivity index (χ1v) is 10.4. The Morgan fingerprint density at radius 1 is 0.906 bits per heavy atom. The Bertz CT molecular complexity index is 1190. The molecule has 0 spiro atoms. The fourth-order valence-electron chi connectivity index (χ4n) is 3.21. The van der Waals surface area contributed by atoms with Gasteiger partial charge >= 0.3 is 6.01 Å². The predicted molar refractivity (Wildman–Crippen MR) is 124 cm³/mol. The van der Waals surface area contributed by atoms with Crippen molar-refractivity contribution in [2.24, 2.45) is 0 Å². The number of ether oxygens (including phenoxy) is 1. The Balaban J connectivity index is 1.55. The molecule has 4 rings (SSSR count). The van der Waals surface area contributed by atoms with E-state index < -0.39 is 0 Å². The number of hydrogen-bond acceptors (Lipinski definition) is 5. The van der Waals surface area contributed by atoms with E-state index in [0.717, 1.165) is 22.4 Å². The molecule has 1 N–H and O–H groups in total. The number of rotatable bonds is 7. The molecule has 6 heteroatoms. The average Bonchev–Trinajstić information content (AvgIpc) is 2.81. The highest BCUT2D eigenvalue weighted by Gasteiger charge is 2.12. The lowest BCUT2D eigenvalue weighted by Gasteiger charge is -2.11. The first-order chi connectivity index (χ1) is 15.6. The number of pyridine rings is 1. The van der Waals surface area contributed by atoms with E-state index in [1.165, 1.54) is 5.56 Å². The van der Waals surface area contributed by atoms with E-state index in [4.69, 9.17) is 4.74 Å². The first-order valence-electron chi connectivity index (χ1n) is 10.4. The normalized spacial score (nSPS) is 10.6. The Hall–Kier alpha value is -4.06. The van der Waals surface area contributed by atoms with Gasteiger partial charge in [-0.15, -0.1) is 0 Å². The van der Waals surface area contributed by atoms with Crippen LogP contribution in [-0.2, 0) is 6.42 Å². The predicted octanol–water partition coefficient (Wildman–Crippen LogP) is 4.92. The van der Waals surface area contributed by atoms with Gasteiger partial charge in [0.15, 0.2) is 0 Å². The van der Waals surface area contributed by atoms with Crippen LogP contribution in [0.5, 0.6) is 11.8 Å². The van der Waals surface area contributed by atoms with E-state index in [1.54, 1.807) is 24.5 Å². The summed E-state index contributed by atoms with van der Waals surface area (Å²) in [5, 5.41) is 2.99. The molecule has 0 bridgehead atoms. The fourth-order valence-corrected chi connectivity index (χ4v) is 3.21. The minimum Gasteiger partial charge on any atom is -0.424 e. The molecule has 2 aromatic heterocycles. The summed E-state index contributed by atoms with van der Waals surface area (Å²) in [5.41, 5.74) is 5.61. The minimum atomic E-state index is -0.169. The maximum absolute atomic E-state index is 12.9. The molecule has 0 aliphatic heterocycles. The van der Waals surface area contributed by atoms with E-state index in [0.29, 0.717) is 24.3 Å². The molecule has 0 saturated carbocycles. The van der Waals surface area contributed by atoms with Gasteiger partial charge in [-0.25, -0.2) is 9.97 Å². The molecule has 2 heterocycles. The molecule has 1 amide bonds. The van der Waals surface area contributed by atoms with Crippen LogP contribution in [0.3, 0.4) is 0 Å². The molecule has 0 fully saturated rings. The lowest BCUT2D eigenvalue weighted by Crippen LogP contribution is -2.25. The number of aromatic nitrogens is 3. The third-order valence-corrected chi connectivity index (χ3v) is 4.98. The number of carbonyl (C=O) groups is 1. The van der Waals surface area contributed by atoms with Crippen LogP contribution in [0.15, 0.2) is 79.3 Å². The Kier molecular flexibility index (Phi) is 6.51. The second kappa shape index (κ2) is 9.83. The molecular formula is C26H24N4O2. The molecule has 0 saturated heterocycles. The molecule has 160 valence electrons. The molecule has 0 aliphatic rings. The molecule has 0 atom stereocenters. The Morgan fingerprint density at radius 2 is 1.69 bits per heavy atom. The van der Waals surface area contributed by atoms with Crippen LogP contribution in [0.2, 0.25) is 0 Å². The van der Waals surface area contributed by atoms with E-state index >= 15 is 0 Å². The molecule has 4 aromatic rings. The van der Waals surface area contributed by atoms with Crippen LogP contribution < -0.4 is 10.1 Å². The lowest BCUT2D eigenvalue weighted by atomic mass is 10.0. The summed E-state index contributed by atoms with van der Waals surface area (Å²) in [6.07, 6.45) is 5.77. The molecule has 0 aliphatic carbocycles. The van der Waals surface area contributed by atoms with Gasteiger partial charge in [-0.05, 0) is 67.3 Å². The number of nitrogens with zero attached hydrogens (tertiary/aromatic N) is 3. The van der Waals surface area contributed by atoms with Crippen molar-refractivity contribution in [2.45, 2.75) is 20.3 Å². The quantitative estimate of drug-likeness (QED) is 0.456. The summed E-state index contributed by atoms with van der Waals surface area (Å²) in [7, 11) is 0. The lowest BCUT2D eigenvalue weighted by molar-refractivity contribution is 0.0954. The highest BCUT2D eigenvalue weighted by molar-refractivity contribution is 5.96. The first kappa shape index (κ1) is 21.2. The van der Waals surface area contributed by atoms with E-state index in [-0.39, 0.29) is 11.9 Å². The van der Waals surface area contributed by atoms with Crippen LogP contribution in [0.25, 0.3) is 11.1 Å². The smallest absolute Gasteiger partial charge is 0.321 e. The molecule has 6 nitrogen and oxygen atoms in total. The summed E-state index contributed by atoms with van der Waals surface area (Å²) in [6, 6.07) is 19.5. The highest BCUT2D eigenvalue weighted by atomic mass is 16.5. The summed E-state index contributed by atoms with van der Waals surface area (Å²) in [6.45, 7) is 4.50. The average molecular weight is 425 g/mol. The van der Waals surface area contributed by atoms with Crippen molar-refractivity contribution >= 4 is 5.91 Å². The number of carbonyl (C=O) groups excluding carboxylic acids is 1. The molecular weight excluding hydrogens is 400 g/mol. The standard InChI is InChI=1S/C26H24N4O2/c1-18-4-8-21(9-5-18)22-14-23(16-24(15-22)32-26-28-11-3-12-29-26)25(31)27-13-10-20-7-6-19(2)30-17-20/h3-9,11-12,14-17H,10,13H2,1-2H3,(H,27,31). The fraction of sp³-hybridized carbons (Fsp3) is 0.154. The number of hydrogen-bond donors (Lipinski definition) is 1. The van der Waals surface area contributed by atoms with Gasteiger partial charge in [0.25, 0.3) is 5.91 Å². The van der Waals surface area contributed by atoms with Crippen LogP contribution >= 0.6 is 0 Å². The minimum absolute atomic E-state index is 0.169. The van der Waals surface area contributed by atoms with Gasteiger partial charge in [0, 0.05) is 36.4 Å².